The first-order valence-corrected chi connectivity index (χ1v) is 15.6. The molecule has 1 aliphatic rings. The summed E-state index contributed by atoms with van der Waals surface area (Å²) in [6.07, 6.45) is 11.1. The fourth-order valence-electron chi connectivity index (χ4n) is 3.55. The van der Waals surface area contributed by atoms with Gasteiger partial charge >= 0.3 is 215 Å². The number of allylic oxidation sites excluding steroid dienone is 5. The van der Waals surface area contributed by atoms with Gasteiger partial charge in [-0.25, -0.2) is 0 Å². The topological polar surface area (TPSA) is 31.5 Å². The number of hydrogen-bond acceptors (Lipinski definition) is 2. The van der Waals surface area contributed by atoms with E-state index in [9.17, 15) is 0 Å². The van der Waals surface area contributed by atoms with E-state index in [0.717, 1.165) is 26.2 Å². The molecule has 0 bridgehead atoms. The van der Waals surface area contributed by atoms with Crippen LogP contribution in [0.5, 0.6) is 0 Å². The first-order chi connectivity index (χ1) is 15.5. The summed E-state index contributed by atoms with van der Waals surface area (Å²) in [5.74, 6) is 0. The number of aliphatic imine (C=N–C) groups is 1. The van der Waals surface area contributed by atoms with Gasteiger partial charge in [-0.15, -0.1) is 0 Å². The molecule has 2 heterocycles. The standard InChI is InChI=1S/C27H43N4Se2/c1-11-30(12-2)24-28-22(26(5,6)7)20(32-24)18-16-15-17-19-21-23(27(8,9)10)29-25(33-21)31(13-3)14-4/h15-19H,11-14H2,1-10H3/q+1. The van der Waals surface area contributed by atoms with Gasteiger partial charge in [0.2, 0.25) is 0 Å². The van der Waals surface area contributed by atoms with Crippen molar-refractivity contribution in [2.24, 2.45) is 10.4 Å². The molecular weight excluding hydrogens is 538 g/mol. The van der Waals surface area contributed by atoms with E-state index in [4.69, 9.17) is 9.98 Å². The molecule has 1 aromatic heterocycles. The molecule has 0 spiro atoms. The molecular formula is C27H43N4Se2+. The molecule has 2 rings (SSSR count). The fraction of sp³-hybridized carbons (Fsp3) is 0.593. The minimum atomic E-state index is 0.0587. The molecule has 0 radical (unpaired) electrons. The molecule has 0 N–H and O–H groups in total. The summed E-state index contributed by atoms with van der Waals surface area (Å²) in [5.41, 5.74) is 2.60. The predicted molar refractivity (Wildman–Crippen MR) is 149 cm³/mol. The quantitative estimate of drug-likeness (QED) is 0.236. The number of amidine groups is 1. The van der Waals surface area contributed by atoms with Crippen molar-refractivity contribution < 1.29 is 4.58 Å². The fourth-order valence-corrected chi connectivity index (χ4v) is 9.07. The van der Waals surface area contributed by atoms with E-state index in [1.807, 2.05) is 0 Å². The predicted octanol–water partition coefficient (Wildman–Crippen LogP) is 5.35. The Labute approximate surface area is 214 Å². The van der Waals surface area contributed by atoms with Crippen LogP contribution in [0.3, 0.4) is 0 Å². The van der Waals surface area contributed by atoms with Crippen LogP contribution < -0.4 is 4.90 Å². The molecule has 0 unspecified atom stereocenters. The van der Waals surface area contributed by atoms with Crippen LogP contribution in [0.2, 0.25) is 0 Å². The molecule has 1 aromatic rings. The van der Waals surface area contributed by atoms with Crippen LogP contribution in [-0.2, 0) is 5.41 Å². The maximum atomic E-state index is 5.06. The summed E-state index contributed by atoms with van der Waals surface area (Å²) in [4.78, 5) is 12.5. The summed E-state index contributed by atoms with van der Waals surface area (Å²) in [5, 5.41) is 0. The summed E-state index contributed by atoms with van der Waals surface area (Å²) >= 11 is 0.539. The molecule has 0 fully saturated rings. The van der Waals surface area contributed by atoms with Gasteiger partial charge in [0.25, 0.3) is 0 Å². The first kappa shape index (κ1) is 28.0. The Balaban J connectivity index is 2.28. The van der Waals surface area contributed by atoms with Crippen LogP contribution in [0, 0.1) is 5.41 Å². The van der Waals surface area contributed by atoms with Crippen LogP contribution in [-0.4, -0.2) is 75.6 Å². The van der Waals surface area contributed by atoms with Gasteiger partial charge in [0.15, 0.2) is 0 Å². The van der Waals surface area contributed by atoms with Crippen LogP contribution >= 0.6 is 0 Å². The Hall–Kier alpha value is -1.19. The van der Waals surface area contributed by atoms with Gasteiger partial charge in [-0.3, -0.25) is 0 Å². The number of rotatable bonds is 8. The van der Waals surface area contributed by atoms with Crippen molar-refractivity contribution >= 4 is 50.7 Å². The molecule has 0 saturated heterocycles. The van der Waals surface area contributed by atoms with Crippen LogP contribution in [0.15, 0.2) is 33.8 Å². The molecule has 0 amide bonds. The molecule has 4 nitrogen and oxygen atoms in total. The summed E-state index contributed by atoms with van der Waals surface area (Å²) in [6, 6.07) is 0. The molecule has 0 aliphatic carbocycles. The Morgan fingerprint density at radius 3 is 2.03 bits per heavy atom. The SMILES string of the molecule is CCN(CC)c1nc(C(C)(C)C)c(/C=C/C=C/C=C2/[Se]C(=[N+](CC)CC)N=C2C(C)(C)C)[se]1. The average molecular weight is 582 g/mol. The van der Waals surface area contributed by atoms with Crippen molar-refractivity contribution in [2.45, 2.75) is 74.7 Å². The van der Waals surface area contributed by atoms with Crippen molar-refractivity contribution in [3.8, 4) is 0 Å². The van der Waals surface area contributed by atoms with E-state index in [-0.39, 0.29) is 40.3 Å². The van der Waals surface area contributed by atoms with E-state index in [1.165, 1.54) is 29.7 Å². The van der Waals surface area contributed by atoms with Crippen LogP contribution in [0.4, 0.5) is 4.69 Å². The Bertz CT molecular complexity index is 953. The Kier molecular flexibility index (Phi) is 10.2. The zero-order chi connectivity index (χ0) is 24.8. The Morgan fingerprint density at radius 1 is 0.879 bits per heavy atom. The summed E-state index contributed by atoms with van der Waals surface area (Å²) in [7, 11) is 0. The second-order valence-corrected chi connectivity index (χ2v) is 14.4. The zero-order valence-electron chi connectivity index (χ0n) is 22.3. The van der Waals surface area contributed by atoms with Crippen LogP contribution in [0.25, 0.3) is 6.08 Å². The van der Waals surface area contributed by atoms with Gasteiger partial charge in [-0.05, 0) is 0 Å². The van der Waals surface area contributed by atoms with Crippen molar-refractivity contribution in [3.63, 3.8) is 0 Å². The second kappa shape index (κ2) is 12.0. The van der Waals surface area contributed by atoms with Gasteiger partial charge in [-0.1, -0.05) is 0 Å². The maximum absolute atomic E-state index is 5.06. The van der Waals surface area contributed by atoms with Crippen molar-refractivity contribution in [2.75, 3.05) is 31.1 Å². The number of hydrogen-bond donors (Lipinski definition) is 0. The normalized spacial score (nSPS) is 16.5. The molecule has 0 aromatic carbocycles. The van der Waals surface area contributed by atoms with Gasteiger partial charge in [0.05, 0.1) is 0 Å². The number of anilines is 1. The molecule has 0 saturated carbocycles. The molecule has 182 valence electrons. The Morgan fingerprint density at radius 2 is 1.52 bits per heavy atom. The van der Waals surface area contributed by atoms with Gasteiger partial charge in [0, 0.05) is 0 Å². The first-order valence-electron chi connectivity index (χ1n) is 12.2. The minimum absolute atomic E-state index is 0.0587. The summed E-state index contributed by atoms with van der Waals surface area (Å²) < 4.78 is 7.72. The van der Waals surface area contributed by atoms with E-state index in [1.54, 1.807) is 0 Å². The van der Waals surface area contributed by atoms with Gasteiger partial charge < -0.3 is 0 Å². The number of nitrogens with zero attached hydrogens (tertiary/aromatic N) is 4. The monoisotopic (exact) mass is 583 g/mol. The third-order valence-electron chi connectivity index (χ3n) is 5.49. The molecule has 0 atom stereocenters. The van der Waals surface area contributed by atoms with Crippen molar-refractivity contribution in [3.05, 3.63) is 38.9 Å². The zero-order valence-corrected chi connectivity index (χ0v) is 25.7. The summed E-state index contributed by atoms with van der Waals surface area (Å²) in [6.45, 7) is 26.5. The average Bonchev–Trinajstić information content (AvgIpc) is 3.34. The molecule has 1 aliphatic heterocycles. The molecule has 6 heteroatoms. The van der Waals surface area contributed by atoms with Gasteiger partial charge in [-0.2, -0.15) is 0 Å². The van der Waals surface area contributed by atoms with Crippen molar-refractivity contribution in [1.82, 2.24) is 4.98 Å². The third-order valence-corrected chi connectivity index (χ3v) is 10.0. The van der Waals surface area contributed by atoms with Crippen LogP contribution in [0.1, 0.15) is 79.4 Å². The van der Waals surface area contributed by atoms with E-state index < -0.39 is 0 Å². The van der Waals surface area contributed by atoms with Gasteiger partial charge in [0.1, 0.15) is 0 Å². The number of aromatic nitrogens is 1. The van der Waals surface area contributed by atoms with Crippen molar-refractivity contribution in [1.29, 1.82) is 0 Å². The second-order valence-electron chi connectivity index (χ2n) is 10.2. The third kappa shape index (κ3) is 7.39. The van der Waals surface area contributed by atoms with E-state index in [0.29, 0.717) is 0 Å². The van der Waals surface area contributed by atoms with E-state index >= 15 is 0 Å². The molecule has 33 heavy (non-hydrogen) atoms. The van der Waals surface area contributed by atoms with E-state index in [2.05, 4.69) is 109 Å².